The third kappa shape index (κ3) is 2.58. The molecule has 1 saturated carbocycles. The van der Waals surface area contributed by atoms with E-state index in [-0.39, 0.29) is 0 Å². The average Bonchev–Trinajstić information content (AvgIpc) is 2.64. The van der Waals surface area contributed by atoms with Gasteiger partial charge < -0.3 is 5.11 Å². The van der Waals surface area contributed by atoms with E-state index in [1.807, 2.05) is 0 Å². The Bertz CT molecular complexity index is 342. The molecule has 16 heavy (non-hydrogen) atoms. The van der Waals surface area contributed by atoms with E-state index in [9.17, 15) is 5.11 Å². The normalized spacial score (nSPS) is 30.6. The Balaban J connectivity index is 1.94. The first-order valence-electron chi connectivity index (χ1n) is 6.06. The molecule has 0 saturated heterocycles. The molecule has 0 spiro atoms. The number of rotatable bonds is 3. The van der Waals surface area contributed by atoms with Gasteiger partial charge in [0.25, 0.3) is 0 Å². The summed E-state index contributed by atoms with van der Waals surface area (Å²) in [4.78, 5) is 1.44. The molecule has 0 aliphatic heterocycles. The minimum Gasteiger partial charge on any atom is -0.389 e. The Labute approximate surface area is 95.9 Å². The largest absolute Gasteiger partial charge is 0.389 e. The molecule has 0 amide bonds. The van der Waals surface area contributed by atoms with Crippen LogP contribution in [0.4, 0.5) is 0 Å². The van der Waals surface area contributed by atoms with Crippen molar-refractivity contribution in [2.75, 3.05) is 0 Å². The van der Waals surface area contributed by atoms with E-state index in [1.54, 1.807) is 7.05 Å². The predicted octanol–water partition coefficient (Wildman–Crippen LogP) is 1.08. The summed E-state index contributed by atoms with van der Waals surface area (Å²) in [5.74, 6) is 1.44. The summed E-state index contributed by atoms with van der Waals surface area (Å²) < 4.78 is 0. The van der Waals surface area contributed by atoms with Crippen LogP contribution in [0.2, 0.25) is 0 Å². The molecule has 1 fully saturated rings. The summed E-state index contributed by atoms with van der Waals surface area (Å²) in [6.07, 6.45) is 5.73. The maximum Gasteiger partial charge on any atom is 0.177 e. The summed E-state index contributed by atoms with van der Waals surface area (Å²) in [6.45, 7) is 2.22. The molecule has 1 aliphatic rings. The Hall–Kier alpha value is -0.970. The van der Waals surface area contributed by atoms with Crippen LogP contribution >= 0.6 is 0 Å². The van der Waals surface area contributed by atoms with E-state index in [1.165, 1.54) is 11.2 Å². The van der Waals surface area contributed by atoms with Gasteiger partial charge in [0.2, 0.25) is 0 Å². The molecule has 1 aromatic rings. The van der Waals surface area contributed by atoms with Crippen LogP contribution < -0.4 is 0 Å². The van der Waals surface area contributed by atoms with Crippen molar-refractivity contribution >= 4 is 0 Å². The minimum atomic E-state index is -0.602. The lowest BCUT2D eigenvalue weighted by atomic mass is 9.76. The monoisotopic (exact) mass is 224 g/mol. The van der Waals surface area contributed by atoms with Gasteiger partial charge in [0.15, 0.2) is 5.82 Å². The van der Waals surface area contributed by atoms with Gasteiger partial charge in [-0.05, 0) is 36.8 Å². The van der Waals surface area contributed by atoms with Crippen LogP contribution in [-0.2, 0) is 13.5 Å². The zero-order valence-corrected chi connectivity index (χ0v) is 10.1. The molecule has 0 atom stereocenters. The van der Waals surface area contributed by atoms with Crippen LogP contribution in [0.1, 0.15) is 44.9 Å². The van der Waals surface area contributed by atoms with Crippen LogP contribution in [0, 0.1) is 5.92 Å². The summed E-state index contributed by atoms with van der Waals surface area (Å²) in [5, 5.41) is 22.3. The van der Waals surface area contributed by atoms with Crippen molar-refractivity contribution in [1.29, 1.82) is 0 Å². The van der Waals surface area contributed by atoms with Crippen LogP contribution in [0.5, 0.6) is 0 Å². The standard InChI is InChI=1S/C11H20N4O/c1-3-9-4-6-11(16,7-5-9)8-10-12-14-15(2)13-10/h9,16H,3-8H2,1-2H3. The number of tetrazole rings is 1. The van der Waals surface area contributed by atoms with Crippen LogP contribution in [0.15, 0.2) is 0 Å². The van der Waals surface area contributed by atoms with E-state index in [0.717, 1.165) is 31.6 Å². The van der Waals surface area contributed by atoms with Gasteiger partial charge >= 0.3 is 0 Å². The summed E-state index contributed by atoms with van der Waals surface area (Å²) in [6, 6.07) is 0. The summed E-state index contributed by atoms with van der Waals surface area (Å²) >= 11 is 0. The fraction of sp³-hybridized carbons (Fsp3) is 0.909. The highest BCUT2D eigenvalue weighted by atomic mass is 16.3. The maximum absolute atomic E-state index is 10.4. The van der Waals surface area contributed by atoms with Gasteiger partial charge in [0.05, 0.1) is 12.6 Å². The Kier molecular flexibility index (Phi) is 3.23. The molecule has 0 aromatic carbocycles. The lowest BCUT2D eigenvalue weighted by Gasteiger charge is -2.34. The molecule has 5 heteroatoms. The lowest BCUT2D eigenvalue weighted by molar-refractivity contribution is -0.0108. The van der Waals surface area contributed by atoms with Gasteiger partial charge in [-0.25, -0.2) is 0 Å². The SMILES string of the molecule is CCC1CCC(O)(Cc2nnn(C)n2)CC1. The molecule has 0 unspecified atom stereocenters. The van der Waals surface area contributed by atoms with Gasteiger partial charge in [-0.15, -0.1) is 10.2 Å². The fourth-order valence-electron chi connectivity index (χ4n) is 2.49. The fourth-order valence-corrected chi connectivity index (χ4v) is 2.49. The van der Waals surface area contributed by atoms with Gasteiger partial charge in [0.1, 0.15) is 0 Å². The number of aromatic nitrogens is 4. The maximum atomic E-state index is 10.4. The highest BCUT2D eigenvalue weighted by Gasteiger charge is 2.33. The number of aryl methyl sites for hydroxylation is 1. The topological polar surface area (TPSA) is 63.8 Å². The van der Waals surface area contributed by atoms with Crippen molar-refractivity contribution < 1.29 is 5.11 Å². The molecule has 0 radical (unpaired) electrons. The first-order valence-corrected chi connectivity index (χ1v) is 6.06. The summed E-state index contributed by atoms with van der Waals surface area (Å²) in [7, 11) is 1.74. The van der Waals surface area contributed by atoms with Crippen molar-refractivity contribution in [2.24, 2.45) is 13.0 Å². The van der Waals surface area contributed by atoms with Gasteiger partial charge in [-0.2, -0.15) is 4.80 Å². The zero-order valence-electron chi connectivity index (χ0n) is 10.1. The van der Waals surface area contributed by atoms with Gasteiger partial charge in [-0.3, -0.25) is 0 Å². The van der Waals surface area contributed by atoms with E-state index in [4.69, 9.17) is 0 Å². The Morgan fingerprint density at radius 1 is 1.44 bits per heavy atom. The second kappa shape index (κ2) is 4.49. The van der Waals surface area contributed by atoms with Gasteiger partial charge in [-0.1, -0.05) is 13.3 Å². The molecule has 1 aromatic heterocycles. The molecular formula is C11H20N4O. The zero-order chi connectivity index (χ0) is 11.6. The van der Waals surface area contributed by atoms with Gasteiger partial charge in [0, 0.05) is 6.42 Å². The van der Waals surface area contributed by atoms with Crippen molar-refractivity contribution in [3.05, 3.63) is 5.82 Å². The Morgan fingerprint density at radius 2 is 2.12 bits per heavy atom. The van der Waals surface area contributed by atoms with Crippen LogP contribution in [0.25, 0.3) is 0 Å². The molecule has 5 nitrogen and oxygen atoms in total. The molecule has 90 valence electrons. The summed E-state index contributed by atoms with van der Waals surface area (Å²) in [5.41, 5.74) is -0.602. The number of aliphatic hydroxyl groups is 1. The highest BCUT2D eigenvalue weighted by molar-refractivity contribution is 4.94. The lowest BCUT2D eigenvalue weighted by Crippen LogP contribution is -2.36. The molecule has 2 rings (SSSR count). The average molecular weight is 224 g/mol. The quantitative estimate of drug-likeness (QED) is 0.834. The smallest absolute Gasteiger partial charge is 0.177 e. The molecular weight excluding hydrogens is 204 g/mol. The second-order valence-electron chi connectivity index (χ2n) is 4.95. The molecule has 1 heterocycles. The number of nitrogens with zero attached hydrogens (tertiary/aromatic N) is 4. The molecule has 1 aliphatic carbocycles. The first-order chi connectivity index (χ1) is 7.61. The van der Waals surface area contributed by atoms with Crippen molar-refractivity contribution in [3.8, 4) is 0 Å². The highest BCUT2D eigenvalue weighted by Crippen LogP contribution is 2.35. The van der Waals surface area contributed by atoms with Crippen LogP contribution in [-0.4, -0.2) is 30.9 Å². The molecule has 1 N–H and O–H groups in total. The van der Waals surface area contributed by atoms with E-state index in [0.29, 0.717) is 12.2 Å². The number of hydrogen-bond donors (Lipinski definition) is 1. The van der Waals surface area contributed by atoms with Crippen molar-refractivity contribution in [1.82, 2.24) is 20.2 Å². The second-order valence-corrected chi connectivity index (χ2v) is 4.95. The Morgan fingerprint density at radius 3 is 2.62 bits per heavy atom. The number of hydrogen-bond acceptors (Lipinski definition) is 4. The van der Waals surface area contributed by atoms with Crippen molar-refractivity contribution in [3.63, 3.8) is 0 Å². The third-order valence-corrected chi connectivity index (χ3v) is 3.65. The third-order valence-electron chi connectivity index (χ3n) is 3.65. The van der Waals surface area contributed by atoms with Crippen molar-refractivity contribution in [2.45, 2.75) is 51.0 Å². The predicted molar refractivity (Wildman–Crippen MR) is 59.7 cm³/mol. The van der Waals surface area contributed by atoms with E-state index < -0.39 is 5.60 Å². The van der Waals surface area contributed by atoms with E-state index in [2.05, 4.69) is 22.3 Å². The molecule has 0 bridgehead atoms. The van der Waals surface area contributed by atoms with E-state index >= 15 is 0 Å². The van der Waals surface area contributed by atoms with Crippen LogP contribution in [0.3, 0.4) is 0 Å². The first kappa shape index (κ1) is 11.5. The minimum absolute atomic E-state index is 0.539.